The van der Waals surface area contributed by atoms with Crippen molar-refractivity contribution in [3.8, 4) is 0 Å². The minimum absolute atomic E-state index is 0.176. The van der Waals surface area contributed by atoms with E-state index in [1.807, 2.05) is 19.1 Å². The van der Waals surface area contributed by atoms with Crippen LogP contribution in [0.5, 0.6) is 0 Å². The number of allylic oxidation sites excluding steroid dienone is 2. The van der Waals surface area contributed by atoms with Crippen LogP contribution in [0.2, 0.25) is 0 Å². The average Bonchev–Trinajstić information content (AvgIpc) is 2.79. The molecule has 0 aliphatic rings. The van der Waals surface area contributed by atoms with Crippen LogP contribution in [-0.2, 0) is 18.4 Å². The number of fused-ring (bicyclic) bond motifs is 1. The Hall–Kier alpha value is -2.29. The number of aromatic amines is 1. The zero-order valence-corrected chi connectivity index (χ0v) is 12.3. The van der Waals surface area contributed by atoms with E-state index in [1.165, 1.54) is 11.6 Å². The van der Waals surface area contributed by atoms with Gasteiger partial charge in [-0.3, -0.25) is 19.1 Å². The normalized spacial score (nSPS) is 11.5. The molecule has 112 valence electrons. The lowest BCUT2D eigenvalue weighted by Gasteiger charge is -2.04. The summed E-state index contributed by atoms with van der Waals surface area (Å²) in [5.74, 6) is -1.15. The van der Waals surface area contributed by atoms with Gasteiger partial charge in [-0.05, 0) is 6.92 Å². The molecule has 2 rings (SSSR count). The van der Waals surface area contributed by atoms with Crippen molar-refractivity contribution in [1.29, 1.82) is 0 Å². The number of hydrogen-bond acceptors (Lipinski definition) is 5. The lowest BCUT2D eigenvalue weighted by Crippen LogP contribution is -2.29. The summed E-state index contributed by atoms with van der Waals surface area (Å²) < 4.78 is 2.83. The number of carboxylic acids is 1. The van der Waals surface area contributed by atoms with Gasteiger partial charge in [0, 0.05) is 13.6 Å². The first-order valence-electron chi connectivity index (χ1n) is 6.11. The fourth-order valence-corrected chi connectivity index (χ4v) is 2.56. The molecule has 0 unspecified atom stereocenters. The van der Waals surface area contributed by atoms with Gasteiger partial charge in [0.2, 0.25) is 0 Å². The zero-order chi connectivity index (χ0) is 15.6. The molecule has 0 radical (unpaired) electrons. The van der Waals surface area contributed by atoms with E-state index < -0.39 is 17.2 Å². The van der Waals surface area contributed by atoms with Gasteiger partial charge in [-0.25, -0.2) is 9.78 Å². The second-order valence-corrected chi connectivity index (χ2v) is 5.19. The third kappa shape index (κ3) is 2.92. The molecule has 0 aliphatic carbocycles. The van der Waals surface area contributed by atoms with Crippen molar-refractivity contribution in [3.63, 3.8) is 0 Å². The van der Waals surface area contributed by atoms with Crippen LogP contribution in [0.4, 0.5) is 0 Å². The molecule has 2 N–H and O–H groups in total. The minimum Gasteiger partial charge on any atom is -0.481 e. The average molecular weight is 310 g/mol. The zero-order valence-electron chi connectivity index (χ0n) is 11.5. The Morgan fingerprint density at radius 2 is 2.19 bits per heavy atom. The summed E-state index contributed by atoms with van der Waals surface area (Å²) in [6.07, 6.45) is 3.63. The number of aryl methyl sites for hydroxylation is 1. The molecule has 0 bridgehead atoms. The largest absolute Gasteiger partial charge is 0.481 e. The van der Waals surface area contributed by atoms with Crippen LogP contribution in [-0.4, -0.2) is 35.9 Å². The molecular formula is C12H14N4O4S. The number of nitrogens with zero attached hydrogens (tertiary/aromatic N) is 3. The van der Waals surface area contributed by atoms with Crippen molar-refractivity contribution in [3.05, 3.63) is 33.0 Å². The van der Waals surface area contributed by atoms with E-state index in [1.54, 1.807) is 4.57 Å². The summed E-state index contributed by atoms with van der Waals surface area (Å²) in [6, 6.07) is 0. The van der Waals surface area contributed by atoms with Gasteiger partial charge in [0.15, 0.2) is 16.3 Å². The Kier molecular flexibility index (Phi) is 4.32. The van der Waals surface area contributed by atoms with Crippen LogP contribution in [0, 0.1) is 0 Å². The molecule has 9 heteroatoms. The summed E-state index contributed by atoms with van der Waals surface area (Å²) in [7, 11) is 1.50. The van der Waals surface area contributed by atoms with Crippen LogP contribution in [0.3, 0.4) is 0 Å². The van der Waals surface area contributed by atoms with Gasteiger partial charge in [0.25, 0.3) is 5.56 Å². The molecule has 0 atom stereocenters. The number of nitrogens with one attached hydrogen (secondary N) is 1. The maximum absolute atomic E-state index is 12.0. The fraction of sp³-hybridized carbons (Fsp3) is 0.333. The maximum atomic E-state index is 12.0. The molecular weight excluding hydrogens is 296 g/mol. The van der Waals surface area contributed by atoms with Crippen molar-refractivity contribution < 1.29 is 9.90 Å². The molecule has 0 saturated heterocycles. The number of imidazole rings is 1. The van der Waals surface area contributed by atoms with Gasteiger partial charge in [-0.2, -0.15) is 0 Å². The minimum atomic E-state index is -0.979. The Labute approximate surface area is 123 Å². The molecule has 0 saturated carbocycles. The van der Waals surface area contributed by atoms with Crippen molar-refractivity contribution >= 4 is 28.9 Å². The molecule has 2 heterocycles. The van der Waals surface area contributed by atoms with Crippen molar-refractivity contribution in [2.75, 3.05) is 5.75 Å². The van der Waals surface area contributed by atoms with Crippen LogP contribution in [0.25, 0.3) is 11.2 Å². The molecule has 2 aromatic rings. The quantitative estimate of drug-likeness (QED) is 0.602. The Balaban J connectivity index is 2.69. The summed E-state index contributed by atoms with van der Waals surface area (Å²) in [6.45, 7) is 2.21. The lowest BCUT2D eigenvalue weighted by molar-refractivity contribution is -0.133. The topological polar surface area (TPSA) is 110 Å². The third-order valence-electron chi connectivity index (χ3n) is 2.82. The number of carboxylic acid groups (broad SMARTS) is 1. The number of hydrogen-bond donors (Lipinski definition) is 2. The molecule has 2 aromatic heterocycles. The number of H-pyrrole nitrogens is 1. The highest BCUT2D eigenvalue weighted by Gasteiger charge is 2.17. The molecule has 0 fully saturated rings. The number of aliphatic carboxylic acids is 1. The van der Waals surface area contributed by atoms with Crippen molar-refractivity contribution in [2.24, 2.45) is 7.05 Å². The Morgan fingerprint density at radius 3 is 2.81 bits per heavy atom. The van der Waals surface area contributed by atoms with E-state index in [-0.39, 0.29) is 16.9 Å². The molecule has 8 nitrogen and oxygen atoms in total. The van der Waals surface area contributed by atoms with Crippen LogP contribution in [0.15, 0.2) is 26.9 Å². The van der Waals surface area contributed by atoms with Crippen molar-refractivity contribution in [2.45, 2.75) is 18.6 Å². The van der Waals surface area contributed by atoms with Crippen LogP contribution >= 0.6 is 11.8 Å². The van der Waals surface area contributed by atoms with E-state index in [0.29, 0.717) is 11.7 Å². The second kappa shape index (κ2) is 6.00. The van der Waals surface area contributed by atoms with Gasteiger partial charge in [-0.15, -0.1) is 0 Å². The highest BCUT2D eigenvalue weighted by atomic mass is 32.2. The van der Waals surface area contributed by atoms with Crippen LogP contribution < -0.4 is 11.2 Å². The lowest BCUT2D eigenvalue weighted by atomic mass is 10.4. The highest BCUT2D eigenvalue weighted by Crippen LogP contribution is 2.21. The summed E-state index contributed by atoms with van der Waals surface area (Å²) in [4.78, 5) is 40.8. The van der Waals surface area contributed by atoms with E-state index in [9.17, 15) is 14.4 Å². The molecule has 21 heavy (non-hydrogen) atoms. The van der Waals surface area contributed by atoms with E-state index in [4.69, 9.17) is 5.11 Å². The van der Waals surface area contributed by atoms with E-state index in [0.717, 1.165) is 11.8 Å². The predicted octanol–water partition coefficient (Wildman–Crippen LogP) is 0.176. The maximum Gasteiger partial charge on any atom is 0.329 e. The van der Waals surface area contributed by atoms with E-state index >= 15 is 0 Å². The molecule has 0 aromatic carbocycles. The smallest absolute Gasteiger partial charge is 0.329 e. The monoisotopic (exact) mass is 310 g/mol. The number of rotatable bonds is 5. The highest BCUT2D eigenvalue weighted by molar-refractivity contribution is 7.99. The second-order valence-electron chi connectivity index (χ2n) is 4.25. The van der Waals surface area contributed by atoms with Gasteiger partial charge in [-0.1, -0.05) is 23.9 Å². The summed E-state index contributed by atoms with van der Waals surface area (Å²) in [5.41, 5.74) is -0.602. The van der Waals surface area contributed by atoms with E-state index in [2.05, 4.69) is 9.97 Å². The molecule has 0 amide bonds. The first kappa shape index (κ1) is 15.1. The Bertz CT molecular complexity index is 830. The fourth-order valence-electron chi connectivity index (χ4n) is 1.83. The summed E-state index contributed by atoms with van der Waals surface area (Å²) in [5, 5.41) is 9.16. The van der Waals surface area contributed by atoms with Gasteiger partial charge in [0.05, 0.1) is 5.75 Å². The van der Waals surface area contributed by atoms with Crippen molar-refractivity contribution in [1.82, 2.24) is 19.1 Å². The van der Waals surface area contributed by atoms with Gasteiger partial charge >= 0.3 is 11.7 Å². The first-order valence-corrected chi connectivity index (χ1v) is 7.09. The van der Waals surface area contributed by atoms with Crippen LogP contribution in [0.1, 0.15) is 6.92 Å². The molecule has 0 aliphatic heterocycles. The number of carbonyl (C=O) groups is 1. The number of thioether (sulfide) groups is 1. The van der Waals surface area contributed by atoms with Gasteiger partial charge in [0.1, 0.15) is 0 Å². The predicted molar refractivity (Wildman–Crippen MR) is 78.8 cm³/mol. The van der Waals surface area contributed by atoms with Gasteiger partial charge < -0.3 is 9.67 Å². The number of aromatic nitrogens is 4. The first-order chi connectivity index (χ1) is 9.95. The SMILES string of the molecule is C/C=C\Cn1c(SCC(=O)O)nc2c1c(=O)[nH]c(=O)n2C. The third-order valence-corrected chi connectivity index (χ3v) is 3.78. The standard InChI is InChI=1S/C12H14N4O4S/c1-3-4-5-16-8-9(13-12(16)21-6-7(17)18)15(2)11(20)14-10(8)19/h3-4H,5-6H2,1-2H3,(H,17,18)(H,14,19,20)/b4-3-. The molecule has 0 spiro atoms. The summed E-state index contributed by atoms with van der Waals surface area (Å²) >= 11 is 1.00. The Morgan fingerprint density at radius 1 is 1.48 bits per heavy atom.